The molecule has 4 rings (SSSR count). The number of halogens is 2. The Morgan fingerprint density at radius 3 is 2.11 bits per heavy atom. The van der Waals surface area contributed by atoms with Crippen molar-refractivity contribution in [3.63, 3.8) is 0 Å². The lowest BCUT2D eigenvalue weighted by Crippen LogP contribution is -2.46. The minimum absolute atomic E-state index is 0.0279. The summed E-state index contributed by atoms with van der Waals surface area (Å²) in [5, 5.41) is 3.00. The molecular formula is C25H23F2N3O4S. The number of piperidine rings is 1. The predicted octanol–water partition coefficient (Wildman–Crippen LogP) is 3.80. The van der Waals surface area contributed by atoms with Crippen molar-refractivity contribution in [2.24, 2.45) is 0 Å². The maximum Gasteiger partial charge on any atom is 0.261 e. The summed E-state index contributed by atoms with van der Waals surface area (Å²) >= 11 is 0. The van der Waals surface area contributed by atoms with Crippen LogP contribution < -0.4 is 10.0 Å². The molecule has 3 aromatic carbocycles. The lowest BCUT2D eigenvalue weighted by molar-refractivity contribution is 0.0698. The number of amides is 2. The standard InChI is InChI=1S/C25H23F2N3O4S/c26-22-11-10-21(16-23(22)27)35(33,34)29-20-8-6-18(7-9-20)25(32)30-14-12-19(13-15-30)28-24(31)17-4-2-1-3-5-17/h1-11,16,19,29H,12-15H2,(H,28,31). The van der Waals surface area contributed by atoms with E-state index in [1.807, 2.05) is 6.07 Å². The molecule has 1 aliphatic heterocycles. The van der Waals surface area contributed by atoms with E-state index in [1.54, 1.807) is 29.2 Å². The molecule has 35 heavy (non-hydrogen) atoms. The first-order chi connectivity index (χ1) is 16.7. The first kappa shape index (κ1) is 24.3. The molecule has 0 atom stereocenters. The topological polar surface area (TPSA) is 95.6 Å². The lowest BCUT2D eigenvalue weighted by Gasteiger charge is -2.32. The molecule has 2 amide bonds. The summed E-state index contributed by atoms with van der Waals surface area (Å²) in [6.45, 7) is 0.951. The molecule has 0 saturated carbocycles. The zero-order valence-corrected chi connectivity index (χ0v) is 19.4. The monoisotopic (exact) mass is 499 g/mol. The van der Waals surface area contributed by atoms with Crippen LogP contribution in [0.3, 0.4) is 0 Å². The van der Waals surface area contributed by atoms with E-state index in [2.05, 4.69) is 10.0 Å². The molecule has 0 radical (unpaired) electrons. The summed E-state index contributed by atoms with van der Waals surface area (Å²) in [5.74, 6) is -2.75. The van der Waals surface area contributed by atoms with Crippen LogP contribution in [0.5, 0.6) is 0 Å². The van der Waals surface area contributed by atoms with Gasteiger partial charge in [-0.1, -0.05) is 18.2 Å². The third kappa shape index (κ3) is 5.83. The summed E-state index contributed by atoms with van der Waals surface area (Å²) < 4.78 is 53.6. The second kappa shape index (κ2) is 10.2. The number of hydrogen-bond acceptors (Lipinski definition) is 4. The highest BCUT2D eigenvalue weighted by atomic mass is 32.2. The van der Waals surface area contributed by atoms with Crippen LogP contribution in [0.2, 0.25) is 0 Å². The summed E-state index contributed by atoms with van der Waals surface area (Å²) in [4.78, 5) is 26.5. The molecule has 0 aromatic heterocycles. The van der Waals surface area contributed by atoms with Gasteiger partial charge in [-0.15, -0.1) is 0 Å². The highest BCUT2D eigenvalue weighted by Gasteiger charge is 2.25. The quantitative estimate of drug-likeness (QED) is 0.539. The fourth-order valence-electron chi connectivity index (χ4n) is 3.81. The predicted molar refractivity (Wildman–Crippen MR) is 126 cm³/mol. The molecule has 0 spiro atoms. The van der Waals surface area contributed by atoms with Crippen molar-refractivity contribution in [2.75, 3.05) is 17.8 Å². The molecule has 1 fully saturated rings. The SMILES string of the molecule is O=C(NC1CCN(C(=O)c2ccc(NS(=O)(=O)c3ccc(F)c(F)c3)cc2)CC1)c1ccccc1. The Kier molecular flexibility index (Phi) is 7.11. The maximum absolute atomic E-state index is 13.4. The Bertz CT molecular complexity index is 1320. The Labute approximate surface area is 201 Å². The number of benzene rings is 3. The van der Waals surface area contributed by atoms with Crippen molar-refractivity contribution in [3.8, 4) is 0 Å². The van der Waals surface area contributed by atoms with Crippen LogP contribution in [0.15, 0.2) is 77.7 Å². The van der Waals surface area contributed by atoms with Gasteiger partial charge >= 0.3 is 0 Å². The number of hydrogen-bond donors (Lipinski definition) is 2. The molecular weight excluding hydrogens is 476 g/mol. The van der Waals surface area contributed by atoms with Gasteiger partial charge in [-0.05, 0) is 67.4 Å². The number of nitrogens with zero attached hydrogens (tertiary/aromatic N) is 1. The highest BCUT2D eigenvalue weighted by Crippen LogP contribution is 2.20. The average molecular weight is 500 g/mol. The van der Waals surface area contributed by atoms with E-state index >= 15 is 0 Å². The van der Waals surface area contributed by atoms with Gasteiger partial charge in [0.05, 0.1) is 4.90 Å². The van der Waals surface area contributed by atoms with Gasteiger partial charge in [0.2, 0.25) is 0 Å². The highest BCUT2D eigenvalue weighted by molar-refractivity contribution is 7.92. The van der Waals surface area contributed by atoms with Crippen LogP contribution in [0.4, 0.5) is 14.5 Å². The fraction of sp³-hybridized carbons (Fsp3) is 0.200. The number of carbonyl (C=O) groups is 2. The van der Waals surface area contributed by atoms with Gasteiger partial charge < -0.3 is 10.2 Å². The van der Waals surface area contributed by atoms with Crippen molar-refractivity contribution < 1.29 is 26.8 Å². The minimum atomic E-state index is -4.13. The molecule has 182 valence electrons. The van der Waals surface area contributed by atoms with Gasteiger partial charge in [-0.25, -0.2) is 17.2 Å². The molecule has 1 aliphatic rings. The number of anilines is 1. The van der Waals surface area contributed by atoms with Crippen LogP contribution >= 0.6 is 0 Å². The van der Waals surface area contributed by atoms with Crippen molar-refractivity contribution in [2.45, 2.75) is 23.8 Å². The number of nitrogens with one attached hydrogen (secondary N) is 2. The molecule has 3 aromatic rings. The Balaban J connectivity index is 1.33. The lowest BCUT2D eigenvalue weighted by atomic mass is 10.0. The van der Waals surface area contributed by atoms with Gasteiger partial charge in [0, 0.05) is 35.9 Å². The summed E-state index contributed by atoms with van der Waals surface area (Å²) in [6.07, 6.45) is 1.24. The maximum atomic E-state index is 13.4. The van der Waals surface area contributed by atoms with Crippen LogP contribution in [-0.2, 0) is 10.0 Å². The van der Waals surface area contributed by atoms with Crippen molar-refractivity contribution in [1.82, 2.24) is 10.2 Å². The number of rotatable bonds is 6. The largest absolute Gasteiger partial charge is 0.349 e. The molecule has 1 heterocycles. The van der Waals surface area contributed by atoms with E-state index in [4.69, 9.17) is 0 Å². The second-order valence-electron chi connectivity index (χ2n) is 8.16. The van der Waals surface area contributed by atoms with E-state index in [0.29, 0.717) is 43.1 Å². The van der Waals surface area contributed by atoms with Gasteiger partial charge in [0.25, 0.3) is 21.8 Å². The molecule has 2 N–H and O–H groups in total. The first-order valence-electron chi connectivity index (χ1n) is 11.0. The fourth-order valence-corrected chi connectivity index (χ4v) is 4.88. The van der Waals surface area contributed by atoms with E-state index in [-0.39, 0.29) is 23.5 Å². The van der Waals surface area contributed by atoms with Crippen molar-refractivity contribution >= 4 is 27.5 Å². The van der Waals surface area contributed by atoms with E-state index in [1.165, 1.54) is 24.3 Å². The Morgan fingerprint density at radius 1 is 0.829 bits per heavy atom. The van der Waals surface area contributed by atoms with Gasteiger partial charge in [0.1, 0.15) is 0 Å². The molecule has 7 nitrogen and oxygen atoms in total. The smallest absolute Gasteiger partial charge is 0.261 e. The number of likely N-dealkylation sites (tertiary alicyclic amines) is 1. The molecule has 10 heteroatoms. The van der Waals surface area contributed by atoms with Gasteiger partial charge in [0.15, 0.2) is 11.6 Å². The molecule has 1 saturated heterocycles. The van der Waals surface area contributed by atoms with Crippen LogP contribution in [-0.4, -0.2) is 44.3 Å². The zero-order chi connectivity index (χ0) is 25.0. The van der Waals surface area contributed by atoms with E-state index in [9.17, 15) is 26.8 Å². The summed E-state index contributed by atoms with van der Waals surface area (Å²) in [6, 6.07) is 17.1. The minimum Gasteiger partial charge on any atom is -0.349 e. The van der Waals surface area contributed by atoms with Gasteiger partial charge in [-0.2, -0.15) is 0 Å². The van der Waals surface area contributed by atoms with Crippen LogP contribution in [0.25, 0.3) is 0 Å². The zero-order valence-electron chi connectivity index (χ0n) is 18.6. The molecule has 0 aliphatic carbocycles. The van der Waals surface area contributed by atoms with E-state index < -0.39 is 26.6 Å². The van der Waals surface area contributed by atoms with Gasteiger partial charge in [-0.3, -0.25) is 14.3 Å². The molecule has 0 unspecified atom stereocenters. The van der Waals surface area contributed by atoms with Crippen molar-refractivity contribution in [1.29, 1.82) is 0 Å². The summed E-state index contributed by atoms with van der Waals surface area (Å²) in [7, 11) is -4.13. The normalized spacial score (nSPS) is 14.4. The average Bonchev–Trinajstić information content (AvgIpc) is 2.86. The van der Waals surface area contributed by atoms with Crippen molar-refractivity contribution in [3.05, 3.63) is 95.6 Å². The first-order valence-corrected chi connectivity index (χ1v) is 12.4. The second-order valence-corrected chi connectivity index (χ2v) is 9.85. The van der Waals surface area contributed by atoms with Crippen LogP contribution in [0.1, 0.15) is 33.6 Å². The third-order valence-electron chi connectivity index (χ3n) is 5.74. The third-order valence-corrected chi connectivity index (χ3v) is 7.12. The molecule has 0 bridgehead atoms. The Hall–Kier alpha value is -3.79. The number of sulfonamides is 1. The number of carbonyl (C=O) groups excluding carboxylic acids is 2. The van der Waals surface area contributed by atoms with Crippen LogP contribution in [0, 0.1) is 11.6 Å². The van der Waals surface area contributed by atoms with E-state index in [0.717, 1.165) is 12.1 Å². The summed E-state index contributed by atoms with van der Waals surface area (Å²) in [5.41, 5.74) is 1.15. The Morgan fingerprint density at radius 2 is 1.49 bits per heavy atom.